The molecule has 1 heterocycles. The van der Waals surface area contributed by atoms with Gasteiger partial charge in [0.1, 0.15) is 5.82 Å². The van der Waals surface area contributed by atoms with Crippen LogP contribution >= 0.6 is 0 Å². The van der Waals surface area contributed by atoms with Crippen molar-refractivity contribution in [3.63, 3.8) is 0 Å². The zero-order valence-electron chi connectivity index (χ0n) is 10.0. The molecular formula is C13H14FN3O. The summed E-state index contributed by atoms with van der Waals surface area (Å²) in [5.74, 6) is -0.723. The Labute approximate surface area is 104 Å². The summed E-state index contributed by atoms with van der Waals surface area (Å²) in [6, 6.07) is 7.49. The summed E-state index contributed by atoms with van der Waals surface area (Å²) >= 11 is 0. The van der Waals surface area contributed by atoms with Gasteiger partial charge in [-0.3, -0.25) is 9.89 Å². The second-order valence-corrected chi connectivity index (χ2v) is 3.93. The van der Waals surface area contributed by atoms with Crippen molar-refractivity contribution in [1.29, 1.82) is 0 Å². The standard InChI is InChI=1S/C13H14FN3O/c1-2-11-7-12(17-16-11)8-15-13(18)9-4-3-5-10(14)6-9/h3-7H,2,8H2,1H3,(H,15,18)(H,16,17). The van der Waals surface area contributed by atoms with E-state index in [0.29, 0.717) is 12.1 Å². The first-order valence-electron chi connectivity index (χ1n) is 5.76. The molecule has 0 fully saturated rings. The van der Waals surface area contributed by atoms with Crippen LogP contribution in [-0.2, 0) is 13.0 Å². The van der Waals surface area contributed by atoms with Crippen molar-refractivity contribution in [2.24, 2.45) is 0 Å². The van der Waals surface area contributed by atoms with E-state index in [0.717, 1.165) is 17.8 Å². The van der Waals surface area contributed by atoms with Gasteiger partial charge in [0.15, 0.2) is 0 Å². The fourth-order valence-corrected chi connectivity index (χ4v) is 1.59. The van der Waals surface area contributed by atoms with Crippen LogP contribution in [0, 0.1) is 5.82 Å². The SMILES string of the molecule is CCc1cc(CNC(=O)c2cccc(F)c2)[nH]n1. The fourth-order valence-electron chi connectivity index (χ4n) is 1.59. The molecule has 2 N–H and O–H groups in total. The number of carbonyl (C=O) groups excluding carboxylic acids is 1. The molecule has 18 heavy (non-hydrogen) atoms. The minimum atomic E-state index is -0.419. The lowest BCUT2D eigenvalue weighted by atomic mass is 10.2. The van der Waals surface area contributed by atoms with Crippen LogP contribution in [0.4, 0.5) is 4.39 Å². The molecule has 0 aliphatic heterocycles. The van der Waals surface area contributed by atoms with Crippen molar-refractivity contribution in [2.75, 3.05) is 0 Å². The van der Waals surface area contributed by atoms with Gasteiger partial charge >= 0.3 is 0 Å². The van der Waals surface area contributed by atoms with Gasteiger partial charge in [-0.05, 0) is 30.7 Å². The maximum absolute atomic E-state index is 12.9. The number of H-pyrrole nitrogens is 1. The second kappa shape index (κ2) is 5.44. The van der Waals surface area contributed by atoms with Crippen molar-refractivity contribution < 1.29 is 9.18 Å². The Balaban J connectivity index is 1.96. The first kappa shape index (κ1) is 12.3. The molecule has 1 aromatic heterocycles. The van der Waals surface area contributed by atoms with Crippen LogP contribution in [-0.4, -0.2) is 16.1 Å². The molecule has 0 atom stereocenters. The van der Waals surface area contributed by atoms with Crippen molar-refractivity contribution >= 4 is 5.91 Å². The van der Waals surface area contributed by atoms with E-state index in [-0.39, 0.29) is 5.91 Å². The van der Waals surface area contributed by atoms with Gasteiger partial charge in [-0.25, -0.2) is 4.39 Å². The predicted molar refractivity (Wildman–Crippen MR) is 65.5 cm³/mol. The number of nitrogens with one attached hydrogen (secondary N) is 2. The molecule has 2 rings (SSSR count). The summed E-state index contributed by atoms with van der Waals surface area (Å²) in [5.41, 5.74) is 2.09. The number of rotatable bonds is 4. The summed E-state index contributed by atoms with van der Waals surface area (Å²) < 4.78 is 12.9. The van der Waals surface area contributed by atoms with E-state index in [1.807, 2.05) is 13.0 Å². The highest BCUT2D eigenvalue weighted by Crippen LogP contribution is 2.04. The van der Waals surface area contributed by atoms with Gasteiger partial charge in [0.05, 0.1) is 17.9 Å². The number of hydrogen-bond acceptors (Lipinski definition) is 2. The third-order valence-corrected chi connectivity index (χ3v) is 2.57. The van der Waals surface area contributed by atoms with Gasteiger partial charge in [-0.15, -0.1) is 0 Å². The summed E-state index contributed by atoms with van der Waals surface area (Å²) in [6.45, 7) is 2.35. The molecule has 2 aromatic rings. The molecule has 0 aliphatic rings. The van der Waals surface area contributed by atoms with E-state index < -0.39 is 5.82 Å². The molecule has 4 nitrogen and oxygen atoms in total. The topological polar surface area (TPSA) is 57.8 Å². The number of halogens is 1. The van der Waals surface area contributed by atoms with Crippen LogP contribution in [0.3, 0.4) is 0 Å². The molecule has 0 aliphatic carbocycles. The van der Waals surface area contributed by atoms with Crippen LogP contribution in [0.1, 0.15) is 28.7 Å². The zero-order chi connectivity index (χ0) is 13.0. The highest BCUT2D eigenvalue weighted by atomic mass is 19.1. The zero-order valence-corrected chi connectivity index (χ0v) is 10.0. The highest BCUT2D eigenvalue weighted by molar-refractivity contribution is 5.94. The predicted octanol–water partition coefficient (Wildman–Crippen LogP) is 2.04. The van der Waals surface area contributed by atoms with E-state index in [1.54, 1.807) is 6.07 Å². The van der Waals surface area contributed by atoms with Crippen LogP contribution in [0.5, 0.6) is 0 Å². The summed E-state index contributed by atoms with van der Waals surface area (Å²) in [7, 11) is 0. The first-order valence-corrected chi connectivity index (χ1v) is 5.76. The molecule has 94 valence electrons. The average Bonchev–Trinajstić information content (AvgIpc) is 2.84. The Morgan fingerprint density at radius 2 is 2.28 bits per heavy atom. The molecule has 0 unspecified atom stereocenters. The lowest BCUT2D eigenvalue weighted by Gasteiger charge is -2.03. The molecule has 0 saturated heterocycles. The van der Waals surface area contributed by atoms with Gasteiger partial charge in [-0.2, -0.15) is 5.10 Å². The molecular weight excluding hydrogens is 233 g/mol. The van der Waals surface area contributed by atoms with Crippen molar-refractivity contribution in [1.82, 2.24) is 15.5 Å². The van der Waals surface area contributed by atoms with Gasteiger partial charge in [0.2, 0.25) is 0 Å². The van der Waals surface area contributed by atoms with E-state index in [9.17, 15) is 9.18 Å². The number of benzene rings is 1. The third kappa shape index (κ3) is 2.94. The van der Waals surface area contributed by atoms with Gasteiger partial charge in [0, 0.05) is 5.56 Å². The second-order valence-electron chi connectivity index (χ2n) is 3.93. The Bertz CT molecular complexity index is 551. The monoisotopic (exact) mass is 247 g/mol. The maximum atomic E-state index is 12.9. The number of amides is 1. The Morgan fingerprint density at radius 1 is 1.44 bits per heavy atom. The van der Waals surface area contributed by atoms with Crippen molar-refractivity contribution in [3.05, 3.63) is 53.1 Å². The first-order chi connectivity index (χ1) is 8.69. The van der Waals surface area contributed by atoms with E-state index >= 15 is 0 Å². The van der Waals surface area contributed by atoms with Crippen molar-refractivity contribution in [2.45, 2.75) is 19.9 Å². The number of carbonyl (C=O) groups is 1. The van der Waals surface area contributed by atoms with E-state index in [1.165, 1.54) is 18.2 Å². The molecule has 1 aromatic carbocycles. The maximum Gasteiger partial charge on any atom is 0.251 e. The molecule has 0 bridgehead atoms. The number of aryl methyl sites for hydroxylation is 1. The number of nitrogens with zero attached hydrogens (tertiary/aromatic N) is 1. The lowest BCUT2D eigenvalue weighted by Crippen LogP contribution is -2.23. The molecule has 5 heteroatoms. The minimum absolute atomic E-state index is 0.304. The van der Waals surface area contributed by atoms with Crippen LogP contribution in [0.2, 0.25) is 0 Å². The van der Waals surface area contributed by atoms with Crippen molar-refractivity contribution in [3.8, 4) is 0 Å². The summed E-state index contributed by atoms with van der Waals surface area (Å²) in [4.78, 5) is 11.7. The molecule has 0 spiro atoms. The quantitative estimate of drug-likeness (QED) is 0.868. The molecule has 1 amide bonds. The minimum Gasteiger partial charge on any atom is -0.346 e. The Hall–Kier alpha value is -2.17. The molecule has 0 saturated carbocycles. The van der Waals surface area contributed by atoms with Crippen LogP contribution in [0.25, 0.3) is 0 Å². The third-order valence-electron chi connectivity index (χ3n) is 2.57. The summed E-state index contributed by atoms with van der Waals surface area (Å²) in [5, 5.41) is 9.60. The van der Waals surface area contributed by atoms with Crippen LogP contribution < -0.4 is 5.32 Å². The van der Waals surface area contributed by atoms with Crippen LogP contribution in [0.15, 0.2) is 30.3 Å². The van der Waals surface area contributed by atoms with E-state index in [2.05, 4.69) is 15.5 Å². The van der Waals surface area contributed by atoms with Gasteiger partial charge < -0.3 is 5.32 Å². The molecule has 0 radical (unpaired) electrons. The smallest absolute Gasteiger partial charge is 0.251 e. The fraction of sp³-hybridized carbons (Fsp3) is 0.231. The van der Waals surface area contributed by atoms with E-state index in [4.69, 9.17) is 0 Å². The number of aromatic nitrogens is 2. The Morgan fingerprint density at radius 3 is 2.94 bits per heavy atom. The number of aromatic amines is 1. The Kier molecular flexibility index (Phi) is 3.72. The van der Waals surface area contributed by atoms with Gasteiger partial charge in [0.25, 0.3) is 5.91 Å². The average molecular weight is 247 g/mol. The highest BCUT2D eigenvalue weighted by Gasteiger charge is 2.07. The lowest BCUT2D eigenvalue weighted by molar-refractivity contribution is 0.0950. The van der Waals surface area contributed by atoms with Gasteiger partial charge in [-0.1, -0.05) is 13.0 Å². The normalized spacial score (nSPS) is 10.3. The number of hydrogen-bond donors (Lipinski definition) is 2. The summed E-state index contributed by atoms with van der Waals surface area (Å²) in [6.07, 6.45) is 0.842. The largest absolute Gasteiger partial charge is 0.346 e.